The summed E-state index contributed by atoms with van der Waals surface area (Å²) in [4.78, 5) is 2.28. The quantitative estimate of drug-likeness (QED) is 0.361. The van der Waals surface area contributed by atoms with Crippen molar-refractivity contribution in [3.63, 3.8) is 0 Å². The van der Waals surface area contributed by atoms with Gasteiger partial charge in [0.05, 0.1) is 8.95 Å². The van der Waals surface area contributed by atoms with Crippen LogP contribution in [0.15, 0.2) is 79.4 Å². The highest BCUT2D eigenvalue weighted by molar-refractivity contribution is 9.11. The zero-order valence-electron chi connectivity index (χ0n) is 13.0. The Bertz CT molecular complexity index is 881. The Kier molecular flexibility index (Phi) is 6.34. The molecule has 0 radical (unpaired) electrons. The van der Waals surface area contributed by atoms with Crippen LogP contribution in [0.4, 0.5) is 5.69 Å². The van der Waals surface area contributed by atoms with Gasteiger partial charge in [-0.25, -0.2) is 0 Å². The molecule has 0 spiro atoms. The molecule has 0 aliphatic rings. The molecule has 0 bridgehead atoms. The van der Waals surface area contributed by atoms with E-state index in [4.69, 9.17) is 11.6 Å². The maximum absolute atomic E-state index is 9.81. The summed E-state index contributed by atoms with van der Waals surface area (Å²) in [5.41, 5.74) is 2.10. The third-order valence-electron chi connectivity index (χ3n) is 3.50. The summed E-state index contributed by atoms with van der Waals surface area (Å²) in [5.74, 6) is 0.197. The van der Waals surface area contributed by atoms with Crippen molar-refractivity contribution in [1.82, 2.24) is 0 Å². The molecule has 3 rings (SSSR count). The molecule has 0 fully saturated rings. The summed E-state index contributed by atoms with van der Waals surface area (Å²) in [5, 5.41) is 13.9. The van der Waals surface area contributed by atoms with Crippen LogP contribution in [0.2, 0.25) is 5.02 Å². The zero-order valence-corrected chi connectivity index (χ0v) is 17.7. The number of aromatic hydroxyl groups is 1. The number of rotatable bonds is 5. The van der Waals surface area contributed by atoms with E-state index in [0.29, 0.717) is 15.5 Å². The molecular formula is C19H14Br2ClNOS. The lowest BCUT2D eigenvalue weighted by atomic mass is 10.2. The Hall–Kier alpha value is -1.14. The van der Waals surface area contributed by atoms with E-state index >= 15 is 0 Å². The molecule has 0 atom stereocenters. The topological polar surface area (TPSA) is 32.3 Å². The number of phenolic OH excluding ortho intramolecular Hbond substituents is 1. The molecule has 0 saturated heterocycles. The minimum Gasteiger partial charge on any atom is -0.506 e. The summed E-state index contributed by atoms with van der Waals surface area (Å²) in [7, 11) is 0. The van der Waals surface area contributed by atoms with Gasteiger partial charge < -0.3 is 10.4 Å². The number of anilines is 1. The predicted molar refractivity (Wildman–Crippen MR) is 113 cm³/mol. The fourth-order valence-electron chi connectivity index (χ4n) is 2.27. The first-order chi connectivity index (χ1) is 12.0. The Morgan fingerprint density at radius 1 is 0.960 bits per heavy atom. The van der Waals surface area contributed by atoms with E-state index in [1.807, 2.05) is 42.5 Å². The Labute approximate surface area is 172 Å². The van der Waals surface area contributed by atoms with Crippen molar-refractivity contribution in [2.24, 2.45) is 0 Å². The van der Waals surface area contributed by atoms with Gasteiger partial charge in [-0.1, -0.05) is 47.6 Å². The maximum atomic E-state index is 9.81. The molecule has 6 heteroatoms. The predicted octanol–water partition coefficient (Wildman–Crippen LogP) is 7.33. The highest BCUT2D eigenvalue weighted by Gasteiger charge is 2.08. The third kappa shape index (κ3) is 4.94. The van der Waals surface area contributed by atoms with E-state index in [2.05, 4.69) is 55.4 Å². The first kappa shape index (κ1) is 18.6. The second-order valence-electron chi connectivity index (χ2n) is 5.31. The molecule has 0 amide bonds. The van der Waals surface area contributed by atoms with Crippen molar-refractivity contribution >= 4 is 60.9 Å². The summed E-state index contributed by atoms with van der Waals surface area (Å²) in [6.07, 6.45) is 0. The van der Waals surface area contributed by atoms with Crippen molar-refractivity contribution in [3.05, 3.63) is 80.2 Å². The van der Waals surface area contributed by atoms with Crippen LogP contribution in [0.25, 0.3) is 0 Å². The molecule has 2 N–H and O–H groups in total. The van der Waals surface area contributed by atoms with Crippen molar-refractivity contribution in [3.8, 4) is 5.75 Å². The van der Waals surface area contributed by atoms with Crippen LogP contribution in [-0.2, 0) is 6.54 Å². The summed E-state index contributed by atoms with van der Waals surface area (Å²) < 4.78 is 1.29. The monoisotopic (exact) mass is 497 g/mol. The molecule has 3 aromatic rings. The fourth-order valence-corrected chi connectivity index (χ4v) is 4.72. The van der Waals surface area contributed by atoms with Crippen LogP contribution in [-0.4, -0.2) is 5.11 Å². The van der Waals surface area contributed by atoms with Crippen LogP contribution in [0, 0.1) is 0 Å². The lowest BCUT2D eigenvalue weighted by Gasteiger charge is -2.12. The Morgan fingerprint density at radius 2 is 1.68 bits per heavy atom. The first-order valence-corrected chi connectivity index (χ1v) is 10.2. The summed E-state index contributed by atoms with van der Waals surface area (Å²) in [6, 6.07) is 19.8. The van der Waals surface area contributed by atoms with Gasteiger partial charge in [-0.2, -0.15) is 0 Å². The van der Waals surface area contributed by atoms with E-state index in [9.17, 15) is 5.11 Å². The molecule has 128 valence electrons. The fraction of sp³-hybridized carbons (Fsp3) is 0.0526. The van der Waals surface area contributed by atoms with Crippen molar-refractivity contribution in [2.75, 3.05) is 5.32 Å². The summed E-state index contributed by atoms with van der Waals surface area (Å²) >= 11 is 14.5. The molecule has 0 heterocycles. The van der Waals surface area contributed by atoms with Gasteiger partial charge in [0.2, 0.25) is 0 Å². The lowest BCUT2D eigenvalue weighted by Crippen LogP contribution is -2.01. The van der Waals surface area contributed by atoms with E-state index in [1.54, 1.807) is 11.8 Å². The number of benzene rings is 3. The number of phenols is 1. The van der Waals surface area contributed by atoms with E-state index in [1.165, 1.54) is 10.5 Å². The van der Waals surface area contributed by atoms with Crippen LogP contribution in [0.1, 0.15) is 5.56 Å². The molecule has 2 nitrogen and oxygen atoms in total. The minimum absolute atomic E-state index is 0.197. The van der Waals surface area contributed by atoms with E-state index < -0.39 is 0 Å². The van der Waals surface area contributed by atoms with Gasteiger partial charge in [0.1, 0.15) is 5.75 Å². The Balaban J connectivity index is 1.77. The molecule has 0 aliphatic heterocycles. The van der Waals surface area contributed by atoms with Gasteiger partial charge in [-0.15, -0.1) is 0 Å². The number of halogens is 3. The first-order valence-electron chi connectivity index (χ1n) is 7.46. The molecule has 0 aromatic heterocycles. The van der Waals surface area contributed by atoms with Crippen molar-refractivity contribution in [2.45, 2.75) is 16.3 Å². The van der Waals surface area contributed by atoms with Crippen molar-refractivity contribution < 1.29 is 5.11 Å². The largest absolute Gasteiger partial charge is 0.506 e. The van der Waals surface area contributed by atoms with E-state index in [-0.39, 0.29) is 5.75 Å². The smallest absolute Gasteiger partial charge is 0.144 e. The van der Waals surface area contributed by atoms with Crippen LogP contribution in [0.5, 0.6) is 5.75 Å². The minimum atomic E-state index is 0.197. The number of nitrogens with one attached hydrogen (secondary N) is 1. The second-order valence-corrected chi connectivity index (χ2v) is 8.57. The van der Waals surface area contributed by atoms with Crippen LogP contribution >= 0.6 is 55.2 Å². The highest BCUT2D eigenvalue weighted by Crippen LogP contribution is 2.36. The zero-order chi connectivity index (χ0) is 17.8. The lowest BCUT2D eigenvalue weighted by molar-refractivity contribution is 0.468. The SMILES string of the molecule is Oc1c(Br)cc(NCc2ccccc2Sc2cccc(Cl)c2)cc1Br. The molecule has 3 aromatic carbocycles. The standard InChI is InChI=1S/C19H14Br2ClNOS/c20-16-9-14(10-17(21)19(16)24)23-11-12-4-1-2-7-18(12)25-15-6-3-5-13(22)8-15/h1-10,23-24H,11H2. The normalized spacial score (nSPS) is 10.7. The molecule has 25 heavy (non-hydrogen) atoms. The summed E-state index contributed by atoms with van der Waals surface area (Å²) in [6.45, 7) is 0.674. The number of hydrogen-bond acceptors (Lipinski definition) is 3. The molecular weight excluding hydrogens is 486 g/mol. The molecule has 0 saturated carbocycles. The van der Waals surface area contributed by atoms with Gasteiger partial charge in [-0.05, 0) is 73.8 Å². The van der Waals surface area contributed by atoms with Crippen molar-refractivity contribution in [1.29, 1.82) is 0 Å². The van der Waals surface area contributed by atoms with Gasteiger partial charge in [0, 0.05) is 27.0 Å². The van der Waals surface area contributed by atoms with Crippen LogP contribution in [0.3, 0.4) is 0 Å². The van der Waals surface area contributed by atoms with E-state index in [0.717, 1.165) is 15.6 Å². The van der Waals surface area contributed by atoms with Crippen LogP contribution < -0.4 is 5.32 Å². The Morgan fingerprint density at radius 3 is 2.40 bits per heavy atom. The highest BCUT2D eigenvalue weighted by atomic mass is 79.9. The average Bonchev–Trinajstić information content (AvgIpc) is 2.59. The average molecular weight is 500 g/mol. The van der Waals surface area contributed by atoms with Gasteiger partial charge in [-0.3, -0.25) is 0 Å². The molecule has 0 aliphatic carbocycles. The second kappa shape index (κ2) is 8.49. The number of hydrogen-bond donors (Lipinski definition) is 2. The van der Waals surface area contributed by atoms with Gasteiger partial charge in [0.25, 0.3) is 0 Å². The van der Waals surface area contributed by atoms with Gasteiger partial charge in [0.15, 0.2) is 0 Å². The maximum Gasteiger partial charge on any atom is 0.144 e. The molecule has 0 unspecified atom stereocenters. The van der Waals surface area contributed by atoms with Gasteiger partial charge >= 0.3 is 0 Å². The third-order valence-corrected chi connectivity index (χ3v) is 6.05.